The molecule has 24 heavy (non-hydrogen) atoms. The first-order valence-corrected chi connectivity index (χ1v) is 9.59. The summed E-state index contributed by atoms with van der Waals surface area (Å²) in [4.78, 5) is 12.2. The van der Waals surface area contributed by atoms with Crippen molar-refractivity contribution in [1.29, 1.82) is 0 Å². The van der Waals surface area contributed by atoms with Crippen LogP contribution in [0.25, 0.3) is 0 Å². The Morgan fingerprint density at radius 2 is 1.83 bits per heavy atom. The van der Waals surface area contributed by atoms with Crippen LogP contribution < -0.4 is 5.32 Å². The van der Waals surface area contributed by atoms with Crippen LogP contribution in [0.1, 0.15) is 40.8 Å². The zero-order valence-electron chi connectivity index (χ0n) is 14.7. The van der Waals surface area contributed by atoms with Gasteiger partial charge in [-0.15, -0.1) is 11.8 Å². The Hall–Kier alpha value is -1.45. The summed E-state index contributed by atoms with van der Waals surface area (Å²) < 4.78 is 0. The van der Waals surface area contributed by atoms with E-state index in [9.17, 15) is 4.79 Å². The second kappa shape index (κ2) is 8.59. The van der Waals surface area contributed by atoms with Crippen LogP contribution in [0.15, 0.2) is 36.4 Å². The van der Waals surface area contributed by atoms with Crippen LogP contribution in [0, 0.1) is 20.8 Å². The van der Waals surface area contributed by atoms with Gasteiger partial charge in [-0.1, -0.05) is 35.9 Å². The topological polar surface area (TPSA) is 29.1 Å². The molecule has 128 valence electrons. The number of benzene rings is 2. The largest absolute Gasteiger partial charge is 0.349 e. The molecule has 0 saturated carbocycles. The number of aryl methyl sites for hydroxylation is 3. The van der Waals surface area contributed by atoms with Gasteiger partial charge in [0.15, 0.2) is 0 Å². The molecule has 2 rings (SSSR count). The molecule has 0 aliphatic rings. The lowest BCUT2D eigenvalue weighted by molar-refractivity contribution is -0.119. The summed E-state index contributed by atoms with van der Waals surface area (Å²) in [6.45, 7) is 8.35. The molecule has 0 aromatic heterocycles. The minimum absolute atomic E-state index is 0.0172. The average Bonchev–Trinajstić information content (AvgIpc) is 2.50. The molecule has 0 heterocycles. The molecule has 0 spiro atoms. The Kier molecular flexibility index (Phi) is 6.76. The zero-order valence-corrected chi connectivity index (χ0v) is 16.2. The van der Waals surface area contributed by atoms with Crippen LogP contribution in [0.3, 0.4) is 0 Å². The highest BCUT2D eigenvalue weighted by Crippen LogP contribution is 2.22. The van der Waals surface area contributed by atoms with E-state index in [-0.39, 0.29) is 11.9 Å². The van der Waals surface area contributed by atoms with Gasteiger partial charge >= 0.3 is 0 Å². The van der Waals surface area contributed by atoms with Gasteiger partial charge in [-0.25, -0.2) is 0 Å². The number of carbonyl (C=O) groups is 1. The molecular weight excluding hydrogens is 338 g/mol. The standard InChI is InChI=1S/C20H24ClNOS/c1-13-8-15(3)19(9-14(13)2)16(4)22-20(23)12-24-11-17-6-5-7-18(21)10-17/h5-10,16H,11-12H2,1-4H3,(H,22,23)/t16-/m1/s1. The fraction of sp³-hybridized carbons (Fsp3) is 0.350. The van der Waals surface area contributed by atoms with Crippen LogP contribution in [-0.2, 0) is 10.5 Å². The van der Waals surface area contributed by atoms with E-state index in [1.807, 2.05) is 31.2 Å². The number of rotatable bonds is 6. The first kappa shape index (κ1) is 18.9. The number of hydrogen-bond donors (Lipinski definition) is 1. The van der Waals surface area contributed by atoms with Crippen molar-refractivity contribution in [3.05, 3.63) is 69.2 Å². The predicted octanol–water partition coefficient (Wildman–Crippen LogP) is 5.38. The molecule has 0 aliphatic heterocycles. The molecule has 0 unspecified atom stereocenters. The highest BCUT2D eigenvalue weighted by atomic mass is 35.5. The molecule has 0 radical (unpaired) electrons. The summed E-state index contributed by atoms with van der Waals surface area (Å²) >= 11 is 7.57. The summed E-state index contributed by atoms with van der Waals surface area (Å²) in [5.41, 5.74) is 6.08. The van der Waals surface area contributed by atoms with Crippen molar-refractivity contribution in [2.45, 2.75) is 39.5 Å². The SMILES string of the molecule is Cc1cc(C)c([C@@H](C)NC(=O)CSCc2cccc(Cl)c2)cc1C. The fourth-order valence-corrected chi connectivity index (χ4v) is 3.70. The molecule has 2 aromatic rings. The van der Waals surface area contributed by atoms with Crippen LogP contribution in [0.4, 0.5) is 0 Å². The molecule has 0 aliphatic carbocycles. The van der Waals surface area contributed by atoms with Gasteiger partial charge in [-0.05, 0) is 67.6 Å². The Morgan fingerprint density at radius 1 is 1.12 bits per heavy atom. The molecule has 4 heteroatoms. The number of carbonyl (C=O) groups excluding carboxylic acids is 1. The minimum Gasteiger partial charge on any atom is -0.349 e. The smallest absolute Gasteiger partial charge is 0.230 e. The molecule has 2 aromatic carbocycles. The molecule has 1 N–H and O–H groups in total. The first-order valence-electron chi connectivity index (χ1n) is 8.06. The van der Waals surface area contributed by atoms with Crippen molar-refractivity contribution in [1.82, 2.24) is 5.32 Å². The molecule has 1 amide bonds. The van der Waals surface area contributed by atoms with Gasteiger partial charge in [0.2, 0.25) is 5.91 Å². The second-order valence-electron chi connectivity index (χ2n) is 6.20. The fourth-order valence-electron chi connectivity index (χ4n) is 2.70. The Balaban J connectivity index is 1.87. The van der Waals surface area contributed by atoms with E-state index in [2.05, 4.69) is 38.2 Å². The predicted molar refractivity (Wildman–Crippen MR) is 105 cm³/mol. The molecule has 2 nitrogen and oxygen atoms in total. The first-order chi connectivity index (χ1) is 11.4. The second-order valence-corrected chi connectivity index (χ2v) is 7.63. The van der Waals surface area contributed by atoms with Crippen molar-refractivity contribution in [3.8, 4) is 0 Å². The normalized spacial score (nSPS) is 12.0. The van der Waals surface area contributed by atoms with E-state index in [0.717, 1.165) is 16.3 Å². The van der Waals surface area contributed by atoms with Crippen molar-refractivity contribution in [2.75, 3.05) is 5.75 Å². The van der Waals surface area contributed by atoms with E-state index < -0.39 is 0 Å². The van der Waals surface area contributed by atoms with Crippen LogP contribution in [-0.4, -0.2) is 11.7 Å². The van der Waals surface area contributed by atoms with Crippen LogP contribution in [0.5, 0.6) is 0 Å². The van der Waals surface area contributed by atoms with Crippen molar-refractivity contribution < 1.29 is 4.79 Å². The number of thioether (sulfide) groups is 1. The lowest BCUT2D eigenvalue weighted by atomic mass is 9.96. The Morgan fingerprint density at radius 3 is 2.54 bits per heavy atom. The van der Waals surface area contributed by atoms with Gasteiger partial charge in [0.05, 0.1) is 11.8 Å². The van der Waals surface area contributed by atoms with Crippen LogP contribution in [0.2, 0.25) is 5.02 Å². The number of amides is 1. The summed E-state index contributed by atoms with van der Waals surface area (Å²) in [6, 6.07) is 12.1. The minimum atomic E-state index is 0.0172. The molecule has 1 atom stereocenters. The van der Waals surface area contributed by atoms with E-state index in [1.165, 1.54) is 22.3 Å². The van der Waals surface area contributed by atoms with Gasteiger partial charge in [0.25, 0.3) is 0 Å². The maximum absolute atomic E-state index is 12.2. The Labute approximate surface area is 154 Å². The van der Waals surface area contributed by atoms with E-state index in [1.54, 1.807) is 11.8 Å². The number of halogens is 1. The lowest BCUT2D eigenvalue weighted by Gasteiger charge is -2.18. The van der Waals surface area contributed by atoms with Gasteiger partial charge in [0, 0.05) is 10.8 Å². The molecule has 0 bridgehead atoms. The molecular formula is C20H24ClNOS. The molecule has 0 fully saturated rings. The average molecular weight is 362 g/mol. The highest BCUT2D eigenvalue weighted by Gasteiger charge is 2.13. The van der Waals surface area contributed by atoms with Crippen molar-refractivity contribution >= 4 is 29.3 Å². The van der Waals surface area contributed by atoms with Gasteiger partial charge in [-0.3, -0.25) is 4.79 Å². The highest BCUT2D eigenvalue weighted by molar-refractivity contribution is 7.99. The summed E-state index contributed by atoms with van der Waals surface area (Å²) in [5, 5.41) is 3.83. The van der Waals surface area contributed by atoms with Crippen molar-refractivity contribution in [3.63, 3.8) is 0 Å². The van der Waals surface area contributed by atoms with Gasteiger partial charge in [0.1, 0.15) is 0 Å². The maximum atomic E-state index is 12.2. The Bertz CT molecular complexity index is 730. The third-order valence-corrected chi connectivity index (χ3v) is 5.36. The van der Waals surface area contributed by atoms with E-state index in [4.69, 9.17) is 11.6 Å². The van der Waals surface area contributed by atoms with Crippen molar-refractivity contribution in [2.24, 2.45) is 0 Å². The third kappa shape index (κ3) is 5.29. The maximum Gasteiger partial charge on any atom is 0.230 e. The third-order valence-electron chi connectivity index (χ3n) is 4.12. The van der Waals surface area contributed by atoms with E-state index >= 15 is 0 Å². The number of nitrogens with one attached hydrogen (secondary N) is 1. The van der Waals surface area contributed by atoms with E-state index in [0.29, 0.717) is 5.75 Å². The quantitative estimate of drug-likeness (QED) is 0.748. The number of hydrogen-bond acceptors (Lipinski definition) is 2. The van der Waals surface area contributed by atoms with Gasteiger partial charge < -0.3 is 5.32 Å². The summed E-state index contributed by atoms with van der Waals surface area (Å²) in [6.07, 6.45) is 0. The lowest BCUT2D eigenvalue weighted by Crippen LogP contribution is -2.28. The van der Waals surface area contributed by atoms with Crippen LogP contribution >= 0.6 is 23.4 Å². The molecule has 0 saturated heterocycles. The summed E-state index contributed by atoms with van der Waals surface area (Å²) in [7, 11) is 0. The zero-order chi connectivity index (χ0) is 17.7. The summed E-state index contributed by atoms with van der Waals surface area (Å²) in [5.74, 6) is 1.29. The van der Waals surface area contributed by atoms with Gasteiger partial charge in [-0.2, -0.15) is 0 Å². The monoisotopic (exact) mass is 361 g/mol.